The van der Waals surface area contributed by atoms with Crippen LogP contribution in [0.3, 0.4) is 0 Å². The molecule has 156 valence electrons. The first-order chi connectivity index (χ1) is 13.7. The molecule has 6 heteroatoms. The zero-order valence-corrected chi connectivity index (χ0v) is 19.4. The number of fused-ring (bicyclic) bond motifs is 2. The smallest absolute Gasteiger partial charge is 0.198 e. The molecule has 2 aliphatic rings. The quantitative estimate of drug-likeness (QED) is 0.372. The van der Waals surface area contributed by atoms with E-state index in [1.807, 2.05) is 0 Å². The molecule has 0 spiro atoms. The average Bonchev–Trinajstić information content (AvgIpc) is 3.15. The van der Waals surface area contributed by atoms with E-state index in [4.69, 9.17) is 4.99 Å². The van der Waals surface area contributed by atoms with Crippen molar-refractivity contribution in [1.29, 1.82) is 0 Å². The molecule has 0 bridgehead atoms. The van der Waals surface area contributed by atoms with Crippen LogP contribution in [0, 0.1) is 0 Å². The fourth-order valence-electron chi connectivity index (χ4n) is 4.21. The van der Waals surface area contributed by atoms with Gasteiger partial charge in [-0.25, -0.2) is 0 Å². The van der Waals surface area contributed by atoms with Gasteiger partial charge in [-0.15, -0.1) is 24.0 Å². The van der Waals surface area contributed by atoms with E-state index >= 15 is 0 Å². The van der Waals surface area contributed by atoms with Crippen LogP contribution in [0.15, 0.2) is 53.5 Å². The number of hydrogen-bond acceptors (Lipinski definition) is 3. The van der Waals surface area contributed by atoms with Crippen molar-refractivity contribution in [3.63, 3.8) is 0 Å². The molecule has 2 aliphatic heterocycles. The summed E-state index contributed by atoms with van der Waals surface area (Å²) < 4.78 is 0. The molecule has 0 saturated heterocycles. The molecule has 2 aromatic rings. The van der Waals surface area contributed by atoms with Crippen molar-refractivity contribution in [3.8, 4) is 0 Å². The number of guanidine groups is 1. The molecule has 1 unspecified atom stereocenters. The number of benzene rings is 2. The molecule has 0 aromatic heterocycles. The van der Waals surface area contributed by atoms with E-state index in [2.05, 4.69) is 70.6 Å². The highest BCUT2D eigenvalue weighted by atomic mass is 127. The number of nitrogens with zero attached hydrogens (tertiary/aromatic N) is 3. The lowest BCUT2D eigenvalue weighted by atomic mass is 10.00. The summed E-state index contributed by atoms with van der Waals surface area (Å²) >= 11 is 0. The van der Waals surface area contributed by atoms with E-state index in [-0.39, 0.29) is 24.0 Å². The monoisotopic (exact) mass is 506 g/mol. The third kappa shape index (κ3) is 5.29. The number of anilines is 1. The first kappa shape index (κ1) is 22.1. The minimum atomic E-state index is -0.461. The lowest BCUT2D eigenvalue weighted by Crippen LogP contribution is -2.42. The van der Waals surface area contributed by atoms with Crippen molar-refractivity contribution in [2.75, 3.05) is 37.6 Å². The average molecular weight is 506 g/mol. The van der Waals surface area contributed by atoms with Crippen LogP contribution in [-0.2, 0) is 19.4 Å². The van der Waals surface area contributed by atoms with Crippen LogP contribution in [0.1, 0.15) is 23.6 Å². The molecule has 0 fully saturated rings. The molecule has 0 aliphatic carbocycles. The third-order valence-corrected chi connectivity index (χ3v) is 5.61. The molecule has 0 saturated carbocycles. The minimum Gasteiger partial charge on any atom is -0.390 e. The van der Waals surface area contributed by atoms with Gasteiger partial charge in [0.1, 0.15) is 0 Å². The van der Waals surface area contributed by atoms with Gasteiger partial charge in [0.25, 0.3) is 0 Å². The number of aliphatic hydroxyl groups is 1. The van der Waals surface area contributed by atoms with Crippen LogP contribution < -0.4 is 10.2 Å². The summed E-state index contributed by atoms with van der Waals surface area (Å²) in [7, 11) is 0. The zero-order chi connectivity index (χ0) is 19.3. The number of rotatable bonds is 5. The Morgan fingerprint density at radius 1 is 1.03 bits per heavy atom. The molecule has 29 heavy (non-hydrogen) atoms. The summed E-state index contributed by atoms with van der Waals surface area (Å²) in [6.45, 7) is 6.82. The lowest BCUT2D eigenvalue weighted by Gasteiger charge is -2.30. The highest BCUT2D eigenvalue weighted by molar-refractivity contribution is 14.0. The SMILES string of the molecule is CCNC(=NCC(O)CN1CCc2ccccc2C1)N1CCc2ccccc21.I. The first-order valence-electron chi connectivity index (χ1n) is 10.4. The van der Waals surface area contributed by atoms with Crippen molar-refractivity contribution >= 4 is 35.6 Å². The fourth-order valence-corrected chi connectivity index (χ4v) is 4.21. The van der Waals surface area contributed by atoms with Gasteiger partial charge in [-0.1, -0.05) is 42.5 Å². The molecule has 0 amide bonds. The summed E-state index contributed by atoms with van der Waals surface area (Å²) in [4.78, 5) is 9.33. The second-order valence-corrected chi connectivity index (χ2v) is 7.63. The predicted molar refractivity (Wildman–Crippen MR) is 130 cm³/mol. The number of β-amino-alcohol motifs (C(OH)–C–C–N with tert-alkyl or cyclic N) is 1. The van der Waals surface area contributed by atoms with Crippen molar-refractivity contribution in [2.24, 2.45) is 4.99 Å². The maximum atomic E-state index is 10.6. The standard InChI is InChI=1S/C23H30N4O.HI/c1-2-24-23(27-14-12-19-8-5-6-10-22(19)27)25-15-21(28)17-26-13-11-18-7-3-4-9-20(18)16-26;/h3-10,21,28H,2,11-17H2,1H3,(H,24,25);1H. The van der Waals surface area contributed by atoms with E-state index in [1.165, 1.54) is 22.4 Å². The summed E-state index contributed by atoms with van der Waals surface area (Å²) in [6.07, 6.45) is 1.63. The maximum Gasteiger partial charge on any atom is 0.198 e. The number of halogens is 1. The van der Waals surface area contributed by atoms with Gasteiger partial charge in [-0.05, 0) is 42.5 Å². The Bertz CT molecular complexity index is 841. The molecule has 1 atom stereocenters. The Kier molecular flexibility index (Phi) is 7.91. The van der Waals surface area contributed by atoms with Crippen LogP contribution in [0.25, 0.3) is 0 Å². The van der Waals surface area contributed by atoms with Crippen molar-refractivity contribution in [3.05, 3.63) is 65.2 Å². The number of para-hydroxylation sites is 1. The minimum absolute atomic E-state index is 0. The topological polar surface area (TPSA) is 51.1 Å². The summed E-state index contributed by atoms with van der Waals surface area (Å²) in [5.41, 5.74) is 5.41. The fraction of sp³-hybridized carbons (Fsp3) is 0.435. The molecule has 2 N–H and O–H groups in total. The van der Waals surface area contributed by atoms with Gasteiger partial charge in [-0.3, -0.25) is 9.89 Å². The molecule has 0 radical (unpaired) electrons. The maximum absolute atomic E-state index is 10.6. The normalized spacial score (nSPS) is 17.3. The van der Waals surface area contributed by atoms with Crippen LogP contribution in [0.5, 0.6) is 0 Å². The van der Waals surface area contributed by atoms with Crippen LogP contribution in [0.2, 0.25) is 0 Å². The second-order valence-electron chi connectivity index (χ2n) is 7.63. The Morgan fingerprint density at radius 3 is 2.52 bits per heavy atom. The molecule has 5 nitrogen and oxygen atoms in total. The van der Waals surface area contributed by atoms with Gasteiger partial charge in [-0.2, -0.15) is 0 Å². The van der Waals surface area contributed by atoms with Crippen LogP contribution in [-0.4, -0.2) is 54.8 Å². The molecular weight excluding hydrogens is 475 g/mol. The highest BCUT2D eigenvalue weighted by Gasteiger charge is 2.23. The number of hydrogen-bond donors (Lipinski definition) is 2. The summed E-state index contributed by atoms with van der Waals surface area (Å²) in [5.74, 6) is 0.871. The van der Waals surface area contributed by atoms with Crippen LogP contribution >= 0.6 is 24.0 Å². The van der Waals surface area contributed by atoms with E-state index in [0.29, 0.717) is 13.1 Å². The summed E-state index contributed by atoms with van der Waals surface area (Å²) in [5, 5.41) is 14.0. The van der Waals surface area contributed by atoms with E-state index in [0.717, 1.165) is 45.0 Å². The van der Waals surface area contributed by atoms with Gasteiger partial charge < -0.3 is 15.3 Å². The van der Waals surface area contributed by atoms with E-state index < -0.39 is 6.10 Å². The molecule has 2 heterocycles. The number of aliphatic imine (C=N–C) groups is 1. The zero-order valence-electron chi connectivity index (χ0n) is 17.1. The van der Waals surface area contributed by atoms with Crippen molar-refractivity contribution in [1.82, 2.24) is 10.2 Å². The number of aliphatic hydroxyl groups excluding tert-OH is 1. The van der Waals surface area contributed by atoms with Gasteiger partial charge in [0.2, 0.25) is 0 Å². The Balaban J connectivity index is 0.00000240. The van der Waals surface area contributed by atoms with Crippen molar-refractivity contribution < 1.29 is 5.11 Å². The highest BCUT2D eigenvalue weighted by Crippen LogP contribution is 2.27. The second kappa shape index (κ2) is 10.4. The Morgan fingerprint density at radius 2 is 1.72 bits per heavy atom. The van der Waals surface area contributed by atoms with Crippen molar-refractivity contribution in [2.45, 2.75) is 32.4 Å². The van der Waals surface area contributed by atoms with Gasteiger partial charge in [0, 0.05) is 38.4 Å². The summed E-state index contributed by atoms with van der Waals surface area (Å²) in [6, 6.07) is 17.1. The molecule has 4 rings (SSSR count). The largest absolute Gasteiger partial charge is 0.390 e. The molecular formula is C23H31IN4O. The Hall–Kier alpha value is -1.64. The van der Waals surface area contributed by atoms with Gasteiger partial charge in [0.15, 0.2) is 5.96 Å². The van der Waals surface area contributed by atoms with Gasteiger partial charge >= 0.3 is 0 Å². The predicted octanol–water partition coefficient (Wildman–Crippen LogP) is 3.05. The lowest BCUT2D eigenvalue weighted by molar-refractivity contribution is 0.112. The Labute approximate surface area is 190 Å². The number of nitrogens with one attached hydrogen (secondary N) is 1. The van der Waals surface area contributed by atoms with E-state index in [9.17, 15) is 5.11 Å². The first-order valence-corrected chi connectivity index (χ1v) is 10.4. The third-order valence-electron chi connectivity index (χ3n) is 5.61. The molecule has 2 aromatic carbocycles. The van der Waals surface area contributed by atoms with E-state index in [1.54, 1.807) is 0 Å². The van der Waals surface area contributed by atoms with Gasteiger partial charge in [0.05, 0.1) is 12.6 Å². The van der Waals surface area contributed by atoms with Crippen LogP contribution in [0.4, 0.5) is 5.69 Å².